The number of halogens is 1. The molecular formula is C14H21IN6O2. The van der Waals surface area contributed by atoms with Crippen LogP contribution in [0.2, 0.25) is 0 Å². The Bertz CT molecular complexity index is 645. The lowest BCUT2D eigenvalue weighted by atomic mass is 10.1. The summed E-state index contributed by atoms with van der Waals surface area (Å²) < 4.78 is 11.1. The first-order chi connectivity index (χ1) is 10.8. The molecule has 0 bridgehead atoms. The summed E-state index contributed by atoms with van der Waals surface area (Å²) >= 11 is -0.553. The first kappa shape index (κ1) is 16.3. The number of aromatic nitrogens is 2. The number of rotatable bonds is 1. The average Bonchev–Trinajstić information content (AvgIpc) is 2.91. The van der Waals surface area contributed by atoms with E-state index in [4.69, 9.17) is 10.5 Å². The van der Waals surface area contributed by atoms with Crippen LogP contribution in [0.5, 0.6) is 0 Å². The van der Waals surface area contributed by atoms with E-state index >= 15 is 0 Å². The van der Waals surface area contributed by atoms with Gasteiger partial charge in [0.15, 0.2) is 5.82 Å². The number of fused-ring (bicyclic) bond motifs is 1. The van der Waals surface area contributed by atoms with Crippen molar-refractivity contribution >= 4 is 38.8 Å². The van der Waals surface area contributed by atoms with E-state index in [1.54, 1.807) is 4.90 Å². The monoisotopic (exact) mass is 432 g/mol. The SMILES string of the molecule is CC(C)(C)OC(=O)N1CCC[C@@H](N2N=Ic3c(N)ncnc32)C1. The largest absolute Gasteiger partial charge is 0.444 e. The molecule has 0 radical (unpaired) electrons. The summed E-state index contributed by atoms with van der Waals surface area (Å²) in [7, 11) is 0. The molecule has 0 unspecified atom stereocenters. The van der Waals surface area contributed by atoms with Gasteiger partial charge in [-0.05, 0) is 33.6 Å². The molecule has 3 heterocycles. The molecular weight excluding hydrogens is 411 g/mol. The normalized spacial score (nSPS) is 20.9. The number of hydrogen-bond donors (Lipinski definition) is 1. The Morgan fingerprint density at radius 1 is 1.43 bits per heavy atom. The van der Waals surface area contributed by atoms with E-state index in [-0.39, 0.29) is 12.1 Å². The fraction of sp³-hybridized carbons (Fsp3) is 0.643. The maximum Gasteiger partial charge on any atom is 0.410 e. The standard InChI is InChI=1S/C14H21IN6O2/c1-14(2,3)23-13(22)20-6-4-5-9(7-20)21-12-10(15-19-21)11(16)17-8-18-12/h8-9H,4-7H2,1-3H3,(H2,16,17,18)/t9-/m1/s1. The van der Waals surface area contributed by atoms with Gasteiger partial charge in [0, 0.05) is 13.1 Å². The molecule has 1 fully saturated rings. The Kier molecular flexibility index (Phi) is 4.39. The van der Waals surface area contributed by atoms with Crippen LogP contribution in [-0.2, 0) is 4.74 Å². The highest BCUT2D eigenvalue weighted by atomic mass is 127. The first-order valence-electron chi connectivity index (χ1n) is 7.58. The second kappa shape index (κ2) is 6.17. The number of nitrogen functional groups attached to an aromatic ring is 1. The summed E-state index contributed by atoms with van der Waals surface area (Å²) in [5.74, 6) is 1.33. The van der Waals surface area contributed by atoms with Gasteiger partial charge in [0.05, 0.1) is 27.1 Å². The van der Waals surface area contributed by atoms with Crippen molar-refractivity contribution in [2.24, 2.45) is 3.25 Å². The molecule has 0 aromatic carbocycles. The number of piperidine rings is 1. The van der Waals surface area contributed by atoms with Crippen molar-refractivity contribution in [2.75, 3.05) is 23.8 Å². The van der Waals surface area contributed by atoms with Crippen LogP contribution in [0.15, 0.2) is 9.58 Å². The van der Waals surface area contributed by atoms with E-state index in [2.05, 4.69) is 13.2 Å². The minimum atomic E-state index is -0.553. The molecule has 1 amide bonds. The zero-order chi connectivity index (χ0) is 16.6. The fourth-order valence-corrected chi connectivity index (χ4v) is 4.60. The van der Waals surface area contributed by atoms with Crippen LogP contribution in [0, 0.1) is 3.57 Å². The van der Waals surface area contributed by atoms with Gasteiger partial charge in [0.25, 0.3) is 0 Å². The lowest BCUT2D eigenvalue weighted by Crippen LogP contribution is -2.49. The highest BCUT2D eigenvalue weighted by molar-refractivity contribution is 14.2. The number of likely N-dealkylation sites (tertiary alicyclic amines) is 1. The van der Waals surface area contributed by atoms with Gasteiger partial charge >= 0.3 is 6.09 Å². The van der Waals surface area contributed by atoms with Crippen LogP contribution in [0.4, 0.5) is 16.4 Å². The van der Waals surface area contributed by atoms with Crippen molar-refractivity contribution in [1.29, 1.82) is 0 Å². The van der Waals surface area contributed by atoms with Gasteiger partial charge in [-0.1, -0.05) is 0 Å². The molecule has 2 aliphatic rings. The number of amides is 1. The van der Waals surface area contributed by atoms with E-state index in [1.165, 1.54) is 6.33 Å². The maximum atomic E-state index is 12.3. The molecule has 126 valence electrons. The number of nitrogens with two attached hydrogens (primary N) is 1. The number of ether oxygens (including phenoxy) is 1. The zero-order valence-corrected chi connectivity index (χ0v) is 15.6. The third-order valence-electron chi connectivity index (χ3n) is 3.61. The predicted molar refractivity (Wildman–Crippen MR) is 94.9 cm³/mol. The summed E-state index contributed by atoms with van der Waals surface area (Å²) in [5.41, 5.74) is 5.43. The minimum absolute atomic E-state index is 0.117. The van der Waals surface area contributed by atoms with Gasteiger partial charge in [0.1, 0.15) is 21.3 Å². The van der Waals surface area contributed by atoms with Gasteiger partial charge in [-0.2, -0.15) is 0 Å². The molecule has 3 rings (SSSR count). The third kappa shape index (κ3) is 3.54. The third-order valence-corrected chi connectivity index (χ3v) is 5.81. The Morgan fingerprint density at radius 3 is 2.96 bits per heavy atom. The number of anilines is 2. The van der Waals surface area contributed by atoms with Crippen molar-refractivity contribution in [2.45, 2.75) is 45.3 Å². The van der Waals surface area contributed by atoms with E-state index in [9.17, 15) is 4.79 Å². The van der Waals surface area contributed by atoms with Gasteiger partial charge in [-0.3, -0.25) is 0 Å². The molecule has 9 heteroatoms. The van der Waals surface area contributed by atoms with Gasteiger partial charge in [-0.25, -0.2) is 19.8 Å². The average molecular weight is 432 g/mol. The number of carbonyl (C=O) groups is 1. The molecule has 2 aliphatic heterocycles. The fourth-order valence-electron chi connectivity index (χ4n) is 2.61. The topological polar surface area (TPSA) is 96.9 Å². The molecule has 1 aromatic rings. The summed E-state index contributed by atoms with van der Waals surface area (Å²) in [5, 5.41) is 1.94. The molecule has 1 saturated heterocycles. The van der Waals surface area contributed by atoms with Crippen LogP contribution in [-0.4, -0.2) is 45.7 Å². The molecule has 8 nitrogen and oxygen atoms in total. The molecule has 1 atom stereocenters. The number of carbonyl (C=O) groups excluding carboxylic acids is 1. The number of nitrogens with zero attached hydrogens (tertiary/aromatic N) is 5. The summed E-state index contributed by atoms with van der Waals surface area (Å²) in [4.78, 5) is 22.4. The van der Waals surface area contributed by atoms with Crippen molar-refractivity contribution in [1.82, 2.24) is 14.9 Å². The molecule has 23 heavy (non-hydrogen) atoms. The summed E-state index contributed by atoms with van der Waals surface area (Å²) in [6.45, 7) is 6.94. The Hall–Kier alpha value is -1.52. The molecule has 1 aromatic heterocycles. The van der Waals surface area contributed by atoms with Crippen LogP contribution in [0.3, 0.4) is 0 Å². The Morgan fingerprint density at radius 2 is 2.22 bits per heavy atom. The molecule has 2 N–H and O–H groups in total. The van der Waals surface area contributed by atoms with E-state index in [0.717, 1.165) is 22.2 Å². The van der Waals surface area contributed by atoms with Crippen molar-refractivity contribution in [3.63, 3.8) is 0 Å². The van der Waals surface area contributed by atoms with Crippen molar-refractivity contribution < 1.29 is 9.53 Å². The highest BCUT2D eigenvalue weighted by Gasteiger charge is 2.34. The van der Waals surface area contributed by atoms with Gasteiger partial charge in [-0.15, -0.1) is 3.25 Å². The van der Waals surface area contributed by atoms with Crippen LogP contribution in [0.25, 0.3) is 0 Å². The van der Waals surface area contributed by atoms with E-state index in [0.29, 0.717) is 18.9 Å². The minimum Gasteiger partial charge on any atom is -0.444 e. The second-order valence-corrected chi connectivity index (χ2v) is 8.62. The summed E-state index contributed by atoms with van der Waals surface area (Å²) in [6, 6.07) is 0.117. The van der Waals surface area contributed by atoms with Crippen molar-refractivity contribution in [3.8, 4) is 0 Å². The lowest BCUT2D eigenvalue weighted by molar-refractivity contribution is 0.0198. The zero-order valence-electron chi connectivity index (χ0n) is 13.5. The molecule has 0 saturated carbocycles. The molecule has 0 aliphatic carbocycles. The van der Waals surface area contributed by atoms with Gasteiger partial charge in [0.2, 0.25) is 0 Å². The highest BCUT2D eigenvalue weighted by Crippen LogP contribution is 2.38. The van der Waals surface area contributed by atoms with Crippen LogP contribution in [0.1, 0.15) is 33.6 Å². The number of hydrogen-bond acceptors (Lipinski definition) is 7. The Labute approximate surface area is 145 Å². The van der Waals surface area contributed by atoms with Crippen LogP contribution >= 0.6 is 21.0 Å². The van der Waals surface area contributed by atoms with Gasteiger partial charge < -0.3 is 15.4 Å². The summed E-state index contributed by atoms with van der Waals surface area (Å²) in [6.07, 6.45) is 3.10. The van der Waals surface area contributed by atoms with Crippen molar-refractivity contribution in [3.05, 3.63) is 9.90 Å². The lowest BCUT2D eigenvalue weighted by Gasteiger charge is -2.36. The van der Waals surface area contributed by atoms with E-state index < -0.39 is 26.6 Å². The quantitative estimate of drug-likeness (QED) is 0.686. The second-order valence-electron chi connectivity index (χ2n) is 6.62. The van der Waals surface area contributed by atoms with E-state index in [1.807, 2.05) is 25.8 Å². The Balaban J connectivity index is 1.73. The van der Waals surface area contributed by atoms with Crippen LogP contribution < -0.4 is 10.7 Å². The smallest absolute Gasteiger partial charge is 0.410 e. The first-order valence-corrected chi connectivity index (χ1v) is 9.62. The predicted octanol–water partition coefficient (Wildman–Crippen LogP) is 2.52. The maximum absolute atomic E-state index is 12.3. The molecule has 0 spiro atoms.